The Morgan fingerprint density at radius 1 is 1.08 bits per heavy atom. The second-order valence-electron chi connectivity index (χ2n) is 5.11. The number of hydrogen-bond acceptors (Lipinski definition) is 6. The number of hydrogen-bond donors (Lipinski definition) is 2. The van der Waals surface area contributed by atoms with E-state index in [1.54, 1.807) is 66.2 Å². The molecule has 134 valence electrons. The van der Waals surface area contributed by atoms with Crippen LogP contribution in [0.15, 0.2) is 75.3 Å². The molecule has 2 heterocycles. The third kappa shape index (κ3) is 5.07. The lowest BCUT2D eigenvalue weighted by molar-refractivity contribution is -0.113. The van der Waals surface area contributed by atoms with Crippen LogP contribution in [0, 0.1) is 0 Å². The molecule has 6 nitrogen and oxygen atoms in total. The number of rotatable bonds is 7. The summed E-state index contributed by atoms with van der Waals surface area (Å²) in [5.41, 5.74) is 0.473. The van der Waals surface area contributed by atoms with E-state index < -0.39 is 10.0 Å². The van der Waals surface area contributed by atoms with Crippen molar-refractivity contribution in [2.24, 2.45) is 0 Å². The Morgan fingerprint density at radius 2 is 1.88 bits per heavy atom. The number of nitrogens with one attached hydrogen (secondary N) is 2. The van der Waals surface area contributed by atoms with Crippen LogP contribution in [0.5, 0.6) is 0 Å². The average Bonchev–Trinajstić information content (AvgIpc) is 3.17. The molecule has 0 aliphatic carbocycles. The van der Waals surface area contributed by atoms with Crippen molar-refractivity contribution in [3.63, 3.8) is 0 Å². The van der Waals surface area contributed by atoms with Crippen molar-refractivity contribution in [1.82, 2.24) is 4.98 Å². The molecule has 0 saturated heterocycles. The molecule has 0 fully saturated rings. The standard InChI is InChI=1S/C17H15N3O3S3/c21-16(19-15-4-1-2-10-18-15)12-25-14-8-6-13(7-9-14)20-26(22,23)17-5-3-11-24-17/h1-11,20H,12H2,(H,18,19,21). The van der Waals surface area contributed by atoms with Gasteiger partial charge in [0.2, 0.25) is 5.91 Å². The summed E-state index contributed by atoms with van der Waals surface area (Å²) in [7, 11) is -3.55. The largest absolute Gasteiger partial charge is 0.310 e. The number of thioether (sulfide) groups is 1. The highest BCUT2D eigenvalue weighted by atomic mass is 32.2. The topological polar surface area (TPSA) is 88.2 Å². The van der Waals surface area contributed by atoms with E-state index >= 15 is 0 Å². The van der Waals surface area contributed by atoms with Crippen LogP contribution in [0.1, 0.15) is 0 Å². The first kappa shape index (κ1) is 18.4. The Morgan fingerprint density at radius 3 is 2.54 bits per heavy atom. The first-order valence-electron chi connectivity index (χ1n) is 7.53. The fourth-order valence-electron chi connectivity index (χ4n) is 2.01. The van der Waals surface area contributed by atoms with Crippen molar-refractivity contribution >= 4 is 50.5 Å². The summed E-state index contributed by atoms with van der Waals surface area (Å²) in [5.74, 6) is 0.587. The molecule has 3 aromatic rings. The van der Waals surface area contributed by atoms with E-state index in [-0.39, 0.29) is 15.9 Å². The number of benzene rings is 1. The average molecular weight is 406 g/mol. The van der Waals surface area contributed by atoms with Gasteiger partial charge in [0.25, 0.3) is 10.0 Å². The van der Waals surface area contributed by atoms with Crippen molar-refractivity contribution in [2.45, 2.75) is 9.10 Å². The lowest BCUT2D eigenvalue weighted by Crippen LogP contribution is -2.14. The second kappa shape index (κ2) is 8.35. The Bertz CT molecular complexity index is 958. The number of aromatic nitrogens is 1. The van der Waals surface area contributed by atoms with Gasteiger partial charge in [0.15, 0.2) is 0 Å². The van der Waals surface area contributed by atoms with Crippen LogP contribution in [-0.4, -0.2) is 25.1 Å². The van der Waals surface area contributed by atoms with Crippen LogP contribution in [0.3, 0.4) is 0 Å². The molecule has 1 amide bonds. The maximum atomic E-state index is 12.2. The van der Waals surface area contributed by atoms with E-state index in [9.17, 15) is 13.2 Å². The molecule has 2 aromatic heterocycles. The predicted octanol–water partition coefficient (Wildman–Crippen LogP) is 3.67. The molecule has 2 N–H and O–H groups in total. The van der Waals surface area contributed by atoms with E-state index in [2.05, 4.69) is 15.0 Å². The molecule has 0 aliphatic rings. The van der Waals surface area contributed by atoms with E-state index in [1.165, 1.54) is 11.8 Å². The Kier molecular flexibility index (Phi) is 5.92. The van der Waals surface area contributed by atoms with E-state index in [4.69, 9.17) is 0 Å². The van der Waals surface area contributed by atoms with Gasteiger partial charge in [-0.2, -0.15) is 0 Å². The fourth-order valence-corrected chi connectivity index (χ4v) is 4.76. The molecular weight excluding hydrogens is 390 g/mol. The summed E-state index contributed by atoms with van der Waals surface area (Å²) < 4.78 is 27.1. The molecule has 9 heteroatoms. The number of nitrogens with zero attached hydrogens (tertiary/aromatic N) is 1. The Labute approximate surface area is 159 Å². The van der Waals surface area contributed by atoms with E-state index in [1.807, 2.05) is 0 Å². The lowest BCUT2D eigenvalue weighted by atomic mass is 10.3. The summed E-state index contributed by atoms with van der Waals surface area (Å²) in [6, 6.07) is 15.4. The van der Waals surface area contributed by atoms with Gasteiger partial charge in [-0.15, -0.1) is 23.1 Å². The van der Waals surface area contributed by atoms with Crippen LogP contribution < -0.4 is 10.0 Å². The van der Waals surface area contributed by atoms with Gasteiger partial charge in [-0.05, 0) is 47.8 Å². The third-order valence-electron chi connectivity index (χ3n) is 3.17. The lowest BCUT2D eigenvalue weighted by Gasteiger charge is -2.07. The monoisotopic (exact) mass is 405 g/mol. The quantitative estimate of drug-likeness (QED) is 0.586. The molecule has 0 atom stereocenters. The van der Waals surface area contributed by atoms with Crippen LogP contribution in [0.2, 0.25) is 0 Å². The fraction of sp³-hybridized carbons (Fsp3) is 0.0588. The second-order valence-corrected chi connectivity index (χ2v) is 9.02. The number of anilines is 2. The molecule has 0 aliphatic heterocycles. The number of thiophene rings is 1. The zero-order chi connectivity index (χ0) is 18.4. The molecule has 0 saturated carbocycles. The first-order valence-corrected chi connectivity index (χ1v) is 10.9. The van der Waals surface area contributed by atoms with Gasteiger partial charge in [0.1, 0.15) is 10.0 Å². The van der Waals surface area contributed by atoms with Crippen molar-refractivity contribution in [3.05, 3.63) is 66.2 Å². The SMILES string of the molecule is O=C(CSc1ccc(NS(=O)(=O)c2cccs2)cc1)Nc1ccccn1. The number of sulfonamides is 1. The zero-order valence-corrected chi connectivity index (χ0v) is 15.9. The highest BCUT2D eigenvalue weighted by molar-refractivity contribution is 8.00. The van der Waals surface area contributed by atoms with E-state index in [0.29, 0.717) is 11.5 Å². The maximum absolute atomic E-state index is 12.2. The molecule has 0 unspecified atom stereocenters. The molecule has 0 radical (unpaired) electrons. The highest BCUT2D eigenvalue weighted by Crippen LogP contribution is 2.23. The molecule has 0 bridgehead atoms. The van der Waals surface area contributed by atoms with Crippen molar-refractivity contribution in [2.75, 3.05) is 15.8 Å². The number of pyridine rings is 1. The van der Waals surface area contributed by atoms with Crippen LogP contribution in [-0.2, 0) is 14.8 Å². The van der Waals surface area contributed by atoms with Crippen molar-refractivity contribution in [3.8, 4) is 0 Å². The van der Waals surface area contributed by atoms with Gasteiger partial charge >= 0.3 is 0 Å². The summed E-state index contributed by atoms with van der Waals surface area (Å²) in [6.45, 7) is 0. The summed E-state index contributed by atoms with van der Waals surface area (Å²) in [5, 5.41) is 4.42. The Balaban J connectivity index is 1.54. The van der Waals surface area contributed by atoms with Gasteiger partial charge in [-0.1, -0.05) is 12.1 Å². The number of carbonyl (C=O) groups is 1. The molecule has 26 heavy (non-hydrogen) atoms. The van der Waals surface area contributed by atoms with Crippen molar-refractivity contribution < 1.29 is 13.2 Å². The predicted molar refractivity (Wildman–Crippen MR) is 105 cm³/mol. The summed E-state index contributed by atoms with van der Waals surface area (Å²) in [4.78, 5) is 16.8. The van der Waals surface area contributed by atoms with Crippen LogP contribution in [0.4, 0.5) is 11.5 Å². The van der Waals surface area contributed by atoms with Gasteiger partial charge in [0.05, 0.1) is 5.75 Å². The maximum Gasteiger partial charge on any atom is 0.271 e. The molecule has 0 spiro atoms. The minimum atomic E-state index is -3.55. The summed E-state index contributed by atoms with van der Waals surface area (Å²) in [6.07, 6.45) is 1.61. The van der Waals surface area contributed by atoms with Crippen LogP contribution in [0.25, 0.3) is 0 Å². The normalized spacial score (nSPS) is 11.1. The smallest absolute Gasteiger partial charge is 0.271 e. The molecule has 3 rings (SSSR count). The minimum Gasteiger partial charge on any atom is -0.310 e. The third-order valence-corrected chi connectivity index (χ3v) is 6.96. The van der Waals surface area contributed by atoms with Crippen molar-refractivity contribution in [1.29, 1.82) is 0 Å². The first-order chi connectivity index (χ1) is 12.5. The number of amides is 1. The molecular formula is C17H15N3O3S3. The van der Waals surface area contributed by atoms with Gasteiger partial charge < -0.3 is 5.32 Å². The highest BCUT2D eigenvalue weighted by Gasteiger charge is 2.15. The number of carbonyl (C=O) groups excluding carboxylic acids is 1. The minimum absolute atomic E-state index is 0.156. The van der Waals surface area contributed by atoms with Gasteiger partial charge in [-0.25, -0.2) is 13.4 Å². The van der Waals surface area contributed by atoms with Gasteiger partial charge in [0, 0.05) is 16.8 Å². The zero-order valence-electron chi connectivity index (χ0n) is 13.5. The van der Waals surface area contributed by atoms with Crippen LogP contribution >= 0.6 is 23.1 Å². The Hall–Kier alpha value is -2.36. The van der Waals surface area contributed by atoms with Gasteiger partial charge in [-0.3, -0.25) is 9.52 Å². The summed E-state index contributed by atoms with van der Waals surface area (Å²) >= 11 is 2.52. The van der Waals surface area contributed by atoms with E-state index in [0.717, 1.165) is 16.2 Å². The molecule has 1 aromatic carbocycles.